The number of benzene rings is 1. The fourth-order valence-corrected chi connectivity index (χ4v) is 3.31. The fourth-order valence-electron chi connectivity index (χ4n) is 2.50. The molecule has 2 aliphatic heterocycles. The SMILES string of the molecule is CN1CCNCC1.Sc1cc(Br)ccc1OCCN1CCOCC1. The number of rotatable bonds is 4. The summed E-state index contributed by atoms with van der Waals surface area (Å²) in [6.07, 6.45) is 0. The second-order valence-electron chi connectivity index (χ2n) is 5.97. The standard InChI is InChI=1S/C12H16BrNO2S.C5H12N2/c13-10-1-2-11(12(17)9-10)16-8-5-14-3-6-15-7-4-14;1-7-4-2-6-3-5-7/h1-2,9,17H,3-8H2;6H,2-5H2,1H3. The van der Waals surface area contributed by atoms with E-state index in [0.717, 1.165) is 61.1 Å². The Balaban J connectivity index is 0.000000249. The highest BCUT2D eigenvalue weighted by Crippen LogP contribution is 2.26. The van der Waals surface area contributed by atoms with E-state index >= 15 is 0 Å². The van der Waals surface area contributed by atoms with Crippen LogP contribution >= 0.6 is 28.6 Å². The Morgan fingerprint density at radius 2 is 1.92 bits per heavy atom. The van der Waals surface area contributed by atoms with E-state index in [9.17, 15) is 0 Å². The maximum Gasteiger partial charge on any atom is 0.132 e. The zero-order valence-corrected chi connectivity index (χ0v) is 16.8. The van der Waals surface area contributed by atoms with E-state index in [-0.39, 0.29) is 0 Å². The first-order valence-corrected chi connectivity index (χ1v) is 9.70. The van der Waals surface area contributed by atoms with Gasteiger partial charge in [0.25, 0.3) is 0 Å². The zero-order chi connectivity index (χ0) is 17.2. The van der Waals surface area contributed by atoms with Crippen LogP contribution in [0.1, 0.15) is 0 Å². The molecule has 0 radical (unpaired) electrons. The Hall–Kier alpha value is -0.310. The topological polar surface area (TPSA) is 37.0 Å². The van der Waals surface area contributed by atoms with Crippen molar-refractivity contribution in [2.24, 2.45) is 0 Å². The number of hydrogen-bond donors (Lipinski definition) is 2. The molecule has 0 aromatic heterocycles. The number of nitrogens with one attached hydrogen (secondary N) is 1. The second-order valence-corrected chi connectivity index (χ2v) is 7.37. The maximum atomic E-state index is 5.71. The van der Waals surface area contributed by atoms with Crippen molar-refractivity contribution in [1.29, 1.82) is 0 Å². The van der Waals surface area contributed by atoms with Crippen molar-refractivity contribution in [3.63, 3.8) is 0 Å². The number of ether oxygens (including phenoxy) is 2. The number of nitrogens with zero attached hydrogens (tertiary/aromatic N) is 2. The van der Waals surface area contributed by atoms with Crippen LogP contribution in [0, 0.1) is 0 Å². The number of piperazine rings is 1. The number of likely N-dealkylation sites (N-methyl/N-ethyl adjacent to an activating group) is 1. The Kier molecular flexibility index (Phi) is 9.45. The Labute approximate surface area is 159 Å². The van der Waals surface area contributed by atoms with E-state index < -0.39 is 0 Å². The number of thiol groups is 1. The van der Waals surface area contributed by atoms with Crippen molar-refractivity contribution in [2.45, 2.75) is 4.90 Å². The monoisotopic (exact) mass is 417 g/mol. The molecule has 2 saturated heterocycles. The Morgan fingerprint density at radius 3 is 2.50 bits per heavy atom. The predicted molar refractivity (Wildman–Crippen MR) is 105 cm³/mol. The predicted octanol–water partition coefficient (Wildman–Crippen LogP) is 1.97. The number of morpholine rings is 1. The quantitative estimate of drug-likeness (QED) is 0.732. The maximum absolute atomic E-state index is 5.71. The minimum atomic E-state index is 0.690. The van der Waals surface area contributed by atoms with Crippen molar-refractivity contribution < 1.29 is 9.47 Å². The molecule has 7 heteroatoms. The first-order valence-electron chi connectivity index (χ1n) is 8.46. The van der Waals surface area contributed by atoms with Crippen LogP contribution in [-0.4, -0.2) is 82.5 Å². The van der Waals surface area contributed by atoms with Crippen LogP contribution in [0.4, 0.5) is 0 Å². The summed E-state index contributed by atoms with van der Waals surface area (Å²) in [6.45, 7) is 10.0. The lowest BCUT2D eigenvalue weighted by molar-refractivity contribution is 0.0321. The smallest absolute Gasteiger partial charge is 0.132 e. The lowest BCUT2D eigenvalue weighted by Crippen LogP contribution is -2.40. The van der Waals surface area contributed by atoms with Gasteiger partial charge in [-0.2, -0.15) is 0 Å². The molecule has 1 N–H and O–H groups in total. The van der Waals surface area contributed by atoms with Crippen molar-refractivity contribution in [1.82, 2.24) is 15.1 Å². The molecule has 0 amide bonds. The van der Waals surface area contributed by atoms with Gasteiger partial charge in [-0.25, -0.2) is 0 Å². The summed E-state index contributed by atoms with van der Waals surface area (Å²) in [5.41, 5.74) is 0. The van der Waals surface area contributed by atoms with Gasteiger partial charge in [-0.1, -0.05) is 15.9 Å². The van der Waals surface area contributed by atoms with Gasteiger partial charge in [-0.05, 0) is 25.2 Å². The lowest BCUT2D eigenvalue weighted by atomic mass is 10.3. The molecule has 1 aromatic carbocycles. The second kappa shape index (κ2) is 11.3. The van der Waals surface area contributed by atoms with E-state index in [1.807, 2.05) is 18.2 Å². The van der Waals surface area contributed by atoms with Gasteiger partial charge >= 0.3 is 0 Å². The first-order chi connectivity index (χ1) is 11.6. The van der Waals surface area contributed by atoms with Crippen LogP contribution in [0.2, 0.25) is 0 Å². The minimum absolute atomic E-state index is 0.690. The van der Waals surface area contributed by atoms with Crippen LogP contribution in [0.3, 0.4) is 0 Å². The molecule has 5 nitrogen and oxygen atoms in total. The molecule has 0 unspecified atom stereocenters. The van der Waals surface area contributed by atoms with E-state index in [4.69, 9.17) is 9.47 Å². The average molecular weight is 418 g/mol. The molecule has 0 saturated carbocycles. The van der Waals surface area contributed by atoms with Gasteiger partial charge in [0.2, 0.25) is 0 Å². The first kappa shape index (κ1) is 20.0. The summed E-state index contributed by atoms with van der Waals surface area (Å²) in [5.74, 6) is 0.838. The Morgan fingerprint density at radius 1 is 1.21 bits per heavy atom. The molecule has 2 heterocycles. The molecule has 0 atom stereocenters. The number of halogens is 1. The molecular formula is C17H28BrN3O2S. The van der Waals surface area contributed by atoms with Gasteiger partial charge < -0.3 is 19.7 Å². The van der Waals surface area contributed by atoms with E-state index in [1.54, 1.807) is 0 Å². The highest BCUT2D eigenvalue weighted by Gasteiger charge is 2.10. The third kappa shape index (κ3) is 7.72. The Bertz CT molecular complexity index is 481. The van der Waals surface area contributed by atoms with Crippen LogP contribution in [-0.2, 0) is 4.74 Å². The summed E-state index contributed by atoms with van der Waals surface area (Å²) in [5, 5.41) is 3.27. The van der Waals surface area contributed by atoms with E-state index in [1.165, 1.54) is 13.1 Å². The molecule has 0 bridgehead atoms. The molecule has 2 fully saturated rings. The van der Waals surface area contributed by atoms with Crippen LogP contribution in [0.5, 0.6) is 5.75 Å². The fraction of sp³-hybridized carbons (Fsp3) is 0.647. The van der Waals surface area contributed by atoms with E-state index in [0.29, 0.717) is 6.61 Å². The van der Waals surface area contributed by atoms with Crippen molar-refractivity contribution in [3.05, 3.63) is 22.7 Å². The molecule has 0 aliphatic carbocycles. The summed E-state index contributed by atoms with van der Waals surface area (Å²) in [7, 11) is 2.15. The zero-order valence-electron chi connectivity index (χ0n) is 14.3. The molecule has 136 valence electrons. The largest absolute Gasteiger partial charge is 0.491 e. The highest BCUT2D eigenvalue weighted by atomic mass is 79.9. The van der Waals surface area contributed by atoms with Crippen molar-refractivity contribution in [2.75, 3.05) is 72.7 Å². The van der Waals surface area contributed by atoms with Gasteiger partial charge in [0.05, 0.1) is 13.2 Å². The molecule has 24 heavy (non-hydrogen) atoms. The van der Waals surface area contributed by atoms with Crippen molar-refractivity contribution in [3.8, 4) is 5.75 Å². The van der Waals surface area contributed by atoms with Gasteiger partial charge in [0.1, 0.15) is 12.4 Å². The summed E-state index contributed by atoms with van der Waals surface area (Å²) in [4.78, 5) is 5.54. The summed E-state index contributed by atoms with van der Waals surface area (Å²) in [6, 6.07) is 5.84. The van der Waals surface area contributed by atoms with E-state index in [2.05, 4.69) is 50.7 Å². The third-order valence-corrected chi connectivity index (χ3v) is 4.87. The molecular weight excluding hydrogens is 390 g/mol. The molecule has 1 aromatic rings. The summed E-state index contributed by atoms with van der Waals surface area (Å²) < 4.78 is 12.0. The minimum Gasteiger partial charge on any atom is -0.491 e. The van der Waals surface area contributed by atoms with Gasteiger partial charge in [0, 0.05) is 55.2 Å². The number of hydrogen-bond acceptors (Lipinski definition) is 6. The summed E-state index contributed by atoms with van der Waals surface area (Å²) >= 11 is 7.78. The lowest BCUT2D eigenvalue weighted by Gasteiger charge is -2.26. The average Bonchev–Trinajstić information content (AvgIpc) is 2.59. The normalized spacial score (nSPS) is 19.5. The van der Waals surface area contributed by atoms with Gasteiger partial charge in [-0.15, -0.1) is 12.6 Å². The third-order valence-electron chi connectivity index (χ3n) is 4.03. The van der Waals surface area contributed by atoms with Gasteiger partial charge in [-0.3, -0.25) is 4.90 Å². The van der Waals surface area contributed by atoms with Gasteiger partial charge in [0.15, 0.2) is 0 Å². The highest BCUT2D eigenvalue weighted by molar-refractivity contribution is 9.10. The van der Waals surface area contributed by atoms with Crippen LogP contribution in [0.25, 0.3) is 0 Å². The molecule has 0 spiro atoms. The van der Waals surface area contributed by atoms with Crippen LogP contribution in [0.15, 0.2) is 27.6 Å². The van der Waals surface area contributed by atoms with Crippen molar-refractivity contribution >= 4 is 28.6 Å². The molecule has 3 rings (SSSR count). The van der Waals surface area contributed by atoms with Crippen LogP contribution < -0.4 is 10.1 Å². The molecule has 2 aliphatic rings.